The Balaban J connectivity index is 0.000000366. The van der Waals surface area contributed by atoms with Crippen LogP contribution in [-0.2, 0) is 9.59 Å². The average molecular weight is 384 g/mol. The van der Waals surface area contributed by atoms with Crippen molar-refractivity contribution in [1.29, 1.82) is 0 Å². The second-order valence-electron chi connectivity index (χ2n) is 5.21. The third-order valence-electron chi connectivity index (χ3n) is 3.19. The zero-order valence-corrected chi connectivity index (χ0v) is 12.8. The standard InChI is InChI=1S/C8H16N2O.2C2HF3O2/c11-8-2-1-3-10(6-8)7-4-9-5-7;2*3-2(4,5)1(6)7/h7-9,11H,1-6H2;2*(H,6,7). The molecule has 0 aromatic carbocycles. The number of hydrogen-bond acceptors (Lipinski definition) is 5. The second-order valence-corrected chi connectivity index (χ2v) is 5.21. The number of nitrogens with one attached hydrogen (secondary N) is 1. The lowest BCUT2D eigenvalue weighted by molar-refractivity contribution is -0.193. The van der Waals surface area contributed by atoms with Crippen LogP contribution in [0, 0.1) is 0 Å². The molecular weight excluding hydrogens is 366 g/mol. The van der Waals surface area contributed by atoms with E-state index in [0.29, 0.717) is 6.04 Å². The summed E-state index contributed by atoms with van der Waals surface area (Å²) in [5, 5.41) is 26.9. The summed E-state index contributed by atoms with van der Waals surface area (Å²) in [5.74, 6) is -5.51. The molecule has 13 heteroatoms. The van der Waals surface area contributed by atoms with Gasteiger partial charge < -0.3 is 20.6 Å². The van der Waals surface area contributed by atoms with Gasteiger partial charge in [0, 0.05) is 25.7 Å². The highest BCUT2D eigenvalue weighted by Gasteiger charge is 2.38. The van der Waals surface area contributed by atoms with Gasteiger partial charge in [-0.05, 0) is 19.4 Å². The van der Waals surface area contributed by atoms with Gasteiger partial charge >= 0.3 is 24.3 Å². The van der Waals surface area contributed by atoms with Crippen molar-refractivity contribution in [2.45, 2.75) is 37.3 Å². The van der Waals surface area contributed by atoms with E-state index in [1.807, 2.05) is 0 Å². The van der Waals surface area contributed by atoms with E-state index < -0.39 is 24.3 Å². The van der Waals surface area contributed by atoms with E-state index in [4.69, 9.17) is 19.8 Å². The Morgan fingerprint density at radius 1 is 0.960 bits per heavy atom. The molecule has 0 bridgehead atoms. The lowest BCUT2D eigenvalue weighted by atomic mass is 10.0. The Kier molecular flexibility index (Phi) is 9.15. The quantitative estimate of drug-likeness (QED) is 0.492. The van der Waals surface area contributed by atoms with Gasteiger partial charge in [-0.3, -0.25) is 4.90 Å². The van der Waals surface area contributed by atoms with Crippen molar-refractivity contribution in [2.24, 2.45) is 0 Å². The number of carboxylic acid groups (broad SMARTS) is 2. The fourth-order valence-corrected chi connectivity index (χ4v) is 1.85. The average Bonchev–Trinajstić information content (AvgIpc) is 2.35. The maximum atomic E-state index is 10.6. The number of carbonyl (C=O) groups is 2. The van der Waals surface area contributed by atoms with Crippen molar-refractivity contribution in [3.63, 3.8) is 0 Å². The van der Waals surface area contributed by atoms with E-state index in [9.17, 15) is 31.4 Å². The molecule has 0 aromatic rings. The minimum atomic E-state index is -5.08. The van der Waals surface area contributed by atoms with Gasteiger partial charge in [0.25, 0.3) is 0 Å². The normalized spacial score (nSPS) is 21.8. The summed E-state index contributed by atoms with van der Waals surface area (Å²) in [6.07, 6.45) is -8.07. The number of hydrogen-bond donors (Lipinski definition) is 4. The third-order valence-corrected chi connectivity index (χ3v) is 3.19. The second kappa shape index (κ2) is 9.77. The summed E-state index contributed by atoms with van der Waals surface area (Å²) in [4.78, 5) is 20.2. The first-order valence-electron chi connectivity index (χ1n) is 6.98. The van der Waals surface area contributed by atoms with Gasteiger partial charge in [0.2, 0.25) is 0 Å². The number of β-amino-alcohol motifs (C(OH)–C–C–N with tert-alkyl or cyclic N) is 1. The molecule has 0 spiro atoms. The van der Waals surface area contributed by atoms with Crippen LogP contribution in [0.3, 0.4) is 0 Å². The highest BCUT2D eigenvalue weighted by molar-refractivity contribution is 5.73. The van der Waals surface area contributed by atoms with Crippen LogP contribution in [0.5, 0.6) is 0 Å². The van der Waals surface area contributed by atoms with E-state index in [1.54, 1.807) is 0 Å². The number of alkyl halides is 6. The van der Waals surface area contributed by atoms with Crippen molar-refractivity contribution >= 4 is 11.9 Å². The Morgan fingerprint density at radius 2 is 1.36 bits per heavy atom. The molecule has 7 nitrogen and oxygen atoms in total. The van der Waals surface area contributed by atoms with Crippen LogP contribution >= 0.6 is 0 Å². The van der Waals surface area contributed by atoms with Crippen molar-refractivity contribution in [3.05, 3.63) is 0 Å². The zero-order valence-electron chi connectivity index (χ0n) is 12.8. The molecule has 2 fully saturated rings. The number of aliphatic carboxylic acids is 2. The third kappa shape index (κ3) is 10.1. The van der Waals surface area contributed by atoms with Crippen molar-refractivity contribution in [3.8, 4) is 0 Å². The van der Waals surface area contributed by atoms with Crippen molar-refractivity contribution < 1.29 is 51.3 Å². The summed E-state index contributed by atoms with van der Waals surface area (Å²) in [6, 6.07) is 0.713. The number of halogens is 6. The maximum absolute atomic E-state index is 10.6. The van der Waals surface area contributed by atoms with Gasteiger partial charge in [-0.25, -0.2) is 9.59 Å². The van der Waals surface area contributed by atoms with Crippen LogP contribution in [0.4, 0.5) is 26.3 Å². The van der Waals surface area contributed by atoms with Gasteiger partial charge in [-0.2, -0.15) is 26.3 Å². The number of rotatable bonds is 1. The monoisotopic (exact) mass is 384 g/mol. The lowest BCUT2D eigenvalue weighted by Crippen LogP contribution is -2.59. The first-order valence-corrected chi connectivity index (χ1v) is 6.98. The van der Waals surface area contributed by atoms with Crippen molar-refractivity contribution in [1.82, 2.24) is 10.2 Å². The number of carboxylic acids is 2. The van der Waals surface area contributed by atoms with E-state index in [0.717, 1.165) is 32.5 Å². The van der Waals surface area contributed by atoms with Crippen LogP contribution in [-0.4, -0.2) is 82.8 Å². The first-order chi connectivity index (χ1) is 11.2. The first kappa shape index (κ1) is 23.4. The topological polar surface area (TPSA) is 110 Å². The molecule has 25 heavy (non-hydrogen) atoms. The molecule has 0 aromatic heterocycles. The summed E-state index contributed by atoms with van der Waals surface area (Å²) in [5.41, 5.74) is 0. The van der Waals surface area contributed by atoms with Gasteiger partial charge in [0.1, 0.15) is 0 Å². The molecule has 2 heterocycles. The molecule has 2 rings (SSSR count). The van der Waals surface area contributed by atoms with E-state index in [2.05, 4.69) is 10.2 Å². The Hall–Kier alpha value is -1.60. The van der Waals surface area contributed by atoms with Gasteiger partial charge in [0.15, 0.2) is 0 Å². The summed E-state index contributed by atoms with van der Waals surface area (Å²) >= 11 is 0. The fraction of sp³-hybridized carbons (Fsp3) is 0.833. The molecule has 0 radical (unpaired) electrons. The zero-order chi connectivity index (χ0) is 19.8. The molecule has 2 aliphatic rings. The largest absolute Gasteiger partial charge is 0.490 e. The lowest BCUT2D eigenvalue weighted by Gasteiger charge is -2.41. The fourth-order valence-electron chi connectivity index (χ4n) is 1.85. The van der Waals surface area contributed by atoms with Gasteiger partial charge in [0.05, 0.1) is 6.10 Å². The Bertz CT molecular complexity index is 415. The summed E-state index contributed by atoms with van der Waals surface area (Å²) < 4.78 is 63.5. The minimum absolute atomic E-state index is 0.0654. The predicted octanol–water partition coefficient (Wildman–Crippen LogP) is 0.682. The maximum Gasteiger partial charge on any atom is 0.490 e. The number of aliphatic hydroxyl groups is 1. The summed E-state index contributed by atoms with van der Waals surface area (Å²) in [7, 11) is 0. The van der Waals surface area contributed by atoms with Gasteiger partial charge in [-0.15, -0.1) is 0 Å². The Labute approximate surface area is 138 Å². The molecule has 2 aliphatic heterocycles. The number of piperidine rings is 1. The molecule has 0 saturated carbocycles. The minimum Gasteiger partial charge on any atom is -0.475 e. The van der Waals surface area contributed by atoms with E-state index in [1.165, 1.54) is 6.54 Å². The van der Waals surface area contributed by atoms with Crippen LogP contribution < -0.4 is 5.32 Å². The van der Waals surface area contributed by atoms with E-state index in [-0.39, 0.29) is 6.10 Å². The molecule has 2 saturated heterocycles. The SMILES string of the molecule is O=C(O)C(F)(F)F.O=C(O)C(F)(F)F.OC1CCCN(C2CNC2)C1. The number of nitrogens with zero attached hydrogens (tertiary/aromatic N) is 1. The molecule has 0 aliphatic carbocycles. The molecule has 0 amide bonds. The van der Waals surface area contributed by atoms with Crippen LogP contribution in [0.2, 0.25) is 0 Å². The highest BCUT2D eigenvalue weighted by Crippen LogP contribution is 2.15. The summed E-state index contributed by atoms with van der Waals surface area (Å²) in [6.45, 7) is 4.31. The number of likely N-dealkylation sites (tertiary alicyclic amines) is 1. The van der Waals surface area contributed by atoms with E-state index >= 15 is 0 Å². The van der Waals surface area contributed by atoms with Crippen LogP contribution in [0.1, 0.15) is 12.8 Å². The highest BCUT2D eigenvalue weighted by atomic mass is 19.4. The molecule has 148 valence electrons. The number of aliphatic hydroxyl groups excluding tert-OH is 1. The molecule has 1 unspecified atom stereocenters. The van der Waals surface area contributed by atoms with Crippen LogP contribution in [0.15, 0.2) is 0 Å². The smallest absolute Gasteiger partial charge is 0.475 e. The molecule has 4 N–H and O–H groups in total. The predicted molar refractivity (Wildman–Crippen MR) is 70.9 cm³/mol. The molecule has 1 atom stereocenters. The van der Waals surface area contributed by atoms with Gasteiger partial charge in [-0.1, -0.05) is 0 Å². The van der Waals surface area contributed by atoms with Crippen LogP contribution in [0.25, 0.3) is 0 Å². The van der Waals surface area contributed by atoms with Crippen molar-refractivity contribution in [2.75, 3.05) is 26.2 Å². The molecular formula is C12H18F6N2O5. The Morgan fingerprint density at radius 3 is 1.60 bits per heavy atom.